The van der Waals surface area contributed by atoms with Crippen LogP contribution in [-0.4, -0.2) is 6.04 Å². The van der Waals surface area contributed by atoms with E-state index < -0.39 is 0 Å². The van der Waals surface area contributed by atoms with Crippen LogP contribution in [0.2, 0.25) is 0 Å². The van der Waals surface area contributed by atoms with Gasteiger partial charge in [-0.3, -0.25) is 0 Å². The summed E-state index contributed by atoms with van der Waals surface area (Å²) in [6, 6.07) is 26.1. The number of benzene rings is 3. The number of aryl methyl sites for hydroxylation is 1. The lowest BCUT2D eigenvalue weighted by Crippen LogP contribution is -2.15. The molecule has 0 amide bonds. The summed E-state index contributed by atoms with van der Waals surface area (Å²) in [6.45, 7) is 2.25. The zero-order valence-electron chi connectivity index (χ0n) is 12.4. The molecular weight excluding hydrogens is 254 g/mol. The van der Waals surface area contributed by atoms with Crippen molar-refractivity contribution in [2.24, 2.45) is 0 Å². The minimum Gasteiger partial charge on any atom is -0.383 e. The van der Waals surface area contributed by atoms with E-state index >= 15 is 0 Å². The van der Waals surface area contributed by atoms with Crippen LogP contribution in [0.4, 0.5) is 5.69 Å². The number of hydrogen-bond acceptors (Lipinski definition) is 1. The van der Waals surface area contributed by atoms with Crippen molar-refractivity contribution < 1.29 is 0 Å². The Balaban J connectivity index is 1.66. The van der Waals surface area contributed by atoms with Crippen molar-refractivity contribution in [2.75, 3.05) is 5.32 Å². The first-order valence-electron chi connectivity index (χ1n) is 7.61. The zero-order valence-corrected chi connectivity index (χ0v) is 12.4. The number of fused-ring (bicyclic) bond motifs is 1. The number of hydrogen-bond donors (Lipinski definition) is 1. The molecule has 0 fully saturated rings. The summed E-state index contributed by atoms with van der Waals surface area (Å²) in [4.78, 5) is 0. The third kappa shape index (κ3) is 3.43. The Labute approximate surface area is 126 Å². The Kier molecular flexibility index (Phi) is 4.20. The molecular formula is C20H21N. The summed E-state index contributed by atoms with van der Waals surface area (Å²) in [5.74, 6) is 0. The highest BCUT2D eigenvalue weighted by Gasteiger charge is 2.05. The SMILES string of the molecule is CC(CCc1cccc2ccccc12)Nc1ccccc1. The number of para-hydroxylation sites is 1. The van der Waals surface area contributed by atoms with Crippen molar-refractivity contribution in [2.45, 2.75) is 25.8 Å². The Bertz CT molecular complexity index is 698. The normalized spacial score (nSPS) is 12.2. The molecule has 3 rings (SSSR count). The molecule has 0 aliphatic heterocycles. The fraction of sp³-hybridized carbons (Fsp3) is 0.200. The monoisotopic (exact) mass is 275 g/mol. The molecule has 1 N–H and O–H groups in total. The molecule has 0 radical (unpaired) electrons. The van der Waals surface area contributed by atoms with Gasteiger partial charge in [0, 0.05) is 11.7 Å². The van der Waals surface area contributed by atoms with Crippen LogP contribution in [0.5, 0.6) is 0 Å². The molecule has 3 aromatic rings. The quantitative estimate of drug-likeness (QED) is 0.668. The van der Waals surface area contributed by atoms with E-state index in [0.717, 1.165) is 12.8 Å². The third-order valence-corrected chi connectivity index (χ3v) is 3.91. The number of rotatable bonds is 5. The molecule has 0 saturated carbocycles. The fourth-order valence-corrected chi connectivity index (χ4v) is 2.77. The van der Waals surface area contributed by atoms with E-state index in [2.05, 4.69) is 79.0 Å². The molecule has 3 aromatic carbocycles. The van der Waals surface area contributed by atoms with E-state index in [-0.39, 0.29) is 0 Å². The lowest BCUT2D eigenvalue weighted by Gasteiger charge is -2.16. The first-order valence-corrected chi connectivity index (χ1v) is 7.61. The van der Waals surface area contributed by atoms with Gasteiger partial charge in [0.1, 0.15) is 0 Å². The third-order valence-electron chi connectivity index (χ3n) is 3.91. The van der Waals surface area contributed by atoms with Crippen molar-refractivity contribution in [1.82, 2.24) is 0 Å². The van der Waals surface area contributed by atoms with Crippen LogP contribution in [0.15, 0.2) is 72.8 Å². The van der Waals surface area contributed by atoms with Crippen molar-refractivity contribution in [3.05, 3.63) is 78.4 Å². The van der Waals surface area contributed by atoms with E-state index in [1.165, 1.54) is 22.0 Å². The maximum atomic E-state index is 3.56. The minimum absolute atomic E-state index is 0.464. The summed E-state index contributed by atoms with van der Waals surface area (Å²) >= 11 is 0. The van der Waals surface area contributed by atoms with Crippen LogP contribution in [-0.2, 0) is 6.42 Å². The standard InChI is InChI=1S/C20H21N/c1-16(21-19-11-3-2-4-12-19)14-15-18-10-7-9-17-8-5-6-13-20(17)18/h2-13,16,21H,14-15H2,1H3. The highest BCUT2D eigenvalue weighted by molar-refractivity contribution is 5.85. The molecule has 106 valence electrons. The smallest absolute Gasteiger partial charge is 0.0342 e. The Hall–Kier alpha value is -2.28. The van der Waals surface area contributed by atoms with E-state index in [4.69, 9.17) is 0 Å². The summed E-state index contributed by atoms with van der Waals surface area (Å²) in [5, 5.41) is 6.27. The van der Waals surface area contributed by atoms with Gasteiger partial charge < -0.3 is 5.32 Å². The van der Waals surface area contributed by atoms with Gasteiger partial charge in [0.15, 0.2) is 0 Å². The molecule has 0 aliphatic carbocycles. The Morgan fingerprint density at radius 2 is 1.52 bits per heavy atom. The molecule has 0 aliphatic rings. The number of nitrogens with one attached hydrogen (secondary N) is 1. The predicted molar refractivity (Wildman–Crippen MR) is 91.8 cm³/mol. The van der Waals surface area contributed by atoms with Gasteiger partial charge in [0.2, 0.25) is 0 Å². The molecule has 1 atom stereocenters. The molecule has 0 spiro atoms. The second-order valence-corrected chi connectivity index (χ2v) is 5.59. The highest BCUT2D eigenvalue weighted by Crippen LogP contribution is 2.20. The van der Waals surface area contributed by atoms with Gasteiger partial charge in [-0.05, 0) is 48.2 Å². The number of anilines is 1. The van der Waals surface area contributed by atoms with Gasteiger partial charge in [-0.15, -0.1) is 0 Å². The second kappa shape index (κ2) is 6.45. The van der Waals surface area contributed by atoms with Gasteiger partial charge in [-0.25, -0.2) is 0 Å². The maximum Gasteiger partial charge on any atom is 0.0342 e. The lowest BCUT2D eigenvalue weighted by atomic mass is 9.99. The van der Waals surface area contributed by atoms with Gasteiger partial charge >= 0.3 is 0 Å². The average molecular weight is 275 g/mol. The van der Waals surface area contributed by atoms with Crippen LogP contribution >= 0.6 is 0 Å². The van der Waals surface area contributed by atoms with Crippen LogP contribution in [0, 0.1) is 0 Å². The summed E-state index contributed by atoms with van der Waals surface area (Å²) in [7, 11) is 0. The highest BCUT2D eigenvalue weighted by atomic mass is 14.9. The Morgan fingerprint density at radius 1 is 0.810 bits per heavy atom. The van der Waals surface area contributed by atoms with Crippen molar-refractivity contribution >= 4 is 16.5 Å². The summed E-state index contributed by atoms with van der Waals surface area (Å²) < 4.78 is 0. The molecule has 1 heteroatoms. The largest absolute Gasteiger partial charge is 0.383 e. The van der Waals surface area contributed by atoms with Gasteiger partial charge in [-0.2, -0.15) is 0 Å². The fourth-order valence-electron chi connectivity index (χ4n) is 2.77. The molecule has 0 bridgehead atoms. The molecule has 0 saturated heterocycles. The molecule has 1 unspecified atom stereocenters. The first kappa shape index (κ1) is 13.7. The molecule has 0 aromatic heterocycles. The van der Waals surface area contributed by atoms with Crippen molar-refractivity contribution in [3.63, 3.8) is 0 Å². The zero-order chi connectivity index (χ0) is 14.5. The molecule has 0 heterocycles. The van der Waals surface area contributed by atoms with Gasteiger partial charge in [-0.1, -0.05) is 60.7 Å². The lowest BCUT2D eigenvalue weighted by molar-refractivity contribution is 0.708. The van der Waals surface area contributed by atoms with E-state index in [9.17, 15) is 0 Å². The van der Waals surface area contributed by atoms with Crippen molar-refractivity contribution in [1.29, 1.82) is 0 Å². The van der Waals surface area contributed by atoms with Crippen molar-refractivity contribution in [3.8, 4) is 0 Å². The van der Waals surface area contributed by atoms with E-state index in [1.807, 2.05) is 6.07 Å². The van der Waals surface area contributed by atoms with Crippen LogP contribution < -0.4 is 5.32 Å². The Morgan fingerprint density at radius 3 is 2.38 bits per heavy atom. The minimum atomic E-state index is 0.464. The van der Waals surface area contributed by atoms with Crippen LogP contribution in [0.25, 0.3) is 10.8 Å². The summed E-state index contributed by atoms with van der Waals surface area (Å²) in [5.41, 5.74) is 2.64. The first-order chi connectivity index (χ1) is 10.3. The van der Waals surface area contributed by atoms with E-state index in [1.54, 1.807) is 0 Å². The molecule has 1 nitrogen and oxygen atoms in total. The maximum absolute atomic E-state index is 3.56. The average Bonchev–Trinajstić information content (AvgIpc) is 2.54. The van der Waals surface area contributed by atoms with Crippen LogP contribution in [0.1, 0.15) is 18.9 Å². The topological polar surface area (TPSA) is 12.0 Å². The van der Waals surface area contributed by atoms with E-state index in [0.29, 0.717) is 6.04 Å². The second-order valence-electron chi connectivity index (χ2n) is 5.59. The molecule has 21 heavy (non-hydrogen) atoms. The predicted octanol–water partition coefficient (Wildman–Crippen LogP) is 5.27. The van der Waals surface area contributed by atoms with Gasteiger partial charge in [0.25, 0.3) is 0 Å². The summed E-state index contributed by atoms with van der Waals surface area (Å²) in [6.07, 6.45) is 2.23. The van der Waals surface area contributed by atoms with Gasteiger partial charge in [0.05, 0.1) is 0 Å². The van der Waals surface area contributed by atoms with Crippen LogP contribution in [0.3, 0.4) is 0 Å².